The Morgan fingerprint density at radius 3 is 2.43 bits per heavy atom. The van der Waals surface area contributed by atoms with Gasteiger partial charge in [0.15, 0.2) is 0 Å². The number of carbonyl (C=O) groups is 2. The largest absolute Gasteiger partial charge is 0.508 e. The Morgan fingerprint density at radius 1 is 1.29 bits per heavy atom. The van der Waals surface area contributed by atoms with Crippen molar-refractivity contribution in [2.75, 3.05) is 0 Å². The fourth-order valence-corrected chi connectivity index (χ4v) is 2.03. The minimum atomic E-state index is -1.10. The molecule has 21 heavy (non-hydrogen) atoms. The molecule has 1 aromatic rings. The number of phenols is 1. The van der Waals surface area contributed by atoms with Crippen LogP contribution in [0.5, 0.6) is 5.75 Å². The summed E-state index contributed by atoms with van der Waals surface area (Å²) in [6, 6.07) is 4.95. The van der Waals surface area contributed by atoms with Crippen molar-refractivity contribution in [3.05, 3.63) is 29.8 Å². The Bertz CT molecular complexity index is 473. The number of aliphatic carboxylic acids is 1. The highest BCUT2D eigenvalue weighted by Crippen LogP contribution is 2.11. The van der Waals surface area contributed by atoms with E-state index in [0.717, 1.165) is 18.4 Å². The lowest BCUT2D eigenvalue weighted by Crippen LogP contribution is -2.44. The molecule has 116 valence electrons. The Labute approximate surface area is 124 Å². The van der Waals surface area contributed by atoms with Gasteiger partial charge in [0, 0.05) is 18.9 Å². The van der Waals surface area contributed by atoms with E-state index in [9.17, 15) is 19.8 Å². The van der Waals surface area contributed by atoms with E-state index in [1.54, 1.807) is 12.1 Å². The van der Waals surface area contributed by atoms with Gasteiger partial charge in [-0.2, -0.15) is 0 Å². The predicted octanol–water partition coefficient (Wildman–Crippen LogP) is 1.02. The zero-order valence-electron chi connectivity index (χ0n) is 12.1. The third-order valence-electron chi connectivity index (χ3n) is 3.12. The SMILES string of the molecule is CCCC(N)CC(=O)N[C@@H](Cc1ccc(O)cc1)C(=O)O. The average molecular weight is 294 g/mol. The van der Waals surface area contributed by atoms with Crippen LogP contribution in [0.25, 0.3) is 0 Å². The van der Waals surface area contributed by atoms with Crippen molar-refractivity contribution in [2.24, 2.45) is 5.73 Å². The summed E-state index contributed by atoms with van der Waals surface area (Å²) in [6.07, 6.45) is 1.88. The normalized spacial score (nSPS) is 13.4. The van der Waals surface area contributed by atoms with Crippen molar-refractivity contribution in [3.8, 4) is 5.75 Å². The number of phenolic OH excluding ortho intramolecular Hbond substituents is 1. The first-order chi connectivity index (χ1) is 9.92. The smallest absolute Gasteiger partial charge is 0.326 e. The molecule has 1 rings (SSSR count). The third-order valence-corrected chi connectivity index (χ3v) is 3.12. The highest BCUT2D eigenvalue weighted by Gasteiger charge is 2.21. The highest BCUT2D eigenvalue weighted by atomic mass is 16.4. The number of nitrogens with one attached hydrogen (secondary N) is 1. The molecule has 0 aliphatic heterocycles. The van der Waals surface area contributed by atoms with Crippen LogP contribution in [-0.4, -0.2) is 34.2 Å². The van der Waals surface area contributed by atoms with Crippen LogP contribution in [0.1, 0.15) is 31.7 Å². The highest BCUT2D eigenvalue weighted by molar-refractivity contribution is 5.84. The standard InChI is InChI=1S/C15H22N2O4/c1-2-3-11(16)9-14(19)17-13(15(20)21)8-10-4-6-12(18)7-5-10/h4-7,11,13,18H,2-3,8-9,16H2,1H3,(H,17,19)(H,20,21)/t11?,13-/m0/s1. The van der Waals surface area contributed by atoms with Crippen LogP contribution >= 0.6 is 0 Å². The van der Waals surface area contributed by atoms with E-state index >= 15 is 0 Å². The number of carboxylic acid groups (broad SMARTS) is 1. The van der Waals surface area contributed by atoms with E-state index in [4.69, 9.17) is 5.73 Å². The van der Waals surface area contributed by atoms with E-state index < -0.39 is 12.0 Å². The Balaban J connectivity index is 2.59. The van der Waals surface area contributed by atoms with Crippen molar-refractivity contribution in [3.63, 3.8) is 0 Å². The van der Waals surface area contributed by atoms with E-state index in [0.29, 0.717) is 0 Å². The molecule has 2 atom stereocenters. The van der Waals surface area contributed by atoms with Crippen LogP contribution in [0.2, 0.25) is 0 Å². The second kappa shape index (κ2) is 8.26. The maximum absolute atomic E-state index is 11.8. The summed E-state index contributed by atoms with van der Waals surface area (Å²) in [4.78, 5) is 23.0. The second-order valence-electron chi connectivity index (χ2n) is 5.08. The number of nitrogens with two attached hydrogens (primary N) is 1. The number of carbonyl (C=O) groups excluding carboxylic acids is 1. The van der Waals surface area contributed by atoms with Gasteiger partial charge in [0.05, 0.1) is 0 Å². The lowest BCUT2D eigenvalue weighted by molar-refractivity contribution is -0.141. The minimum Gasteiger partial charge on any atom is -0.508 e. The fraction of sp³-hybridized carbons (Fsp3) is 0.467. The number of carboxylic acids is 1. The second-order valence-corrected chi connectivity index (χ2v) is 5.08. The van der Waals surface area contributed by atoms with Gasteiger partial charge in [-0.3, -0.25) is 4.79 Å². The van der Waals surface area contributed by atoms with E-state index in [1.165, 1.54) is 12.1 Å². The molecule has 0 bridgehead atoms. The monoisotopic (exact) mass is 294 g/mol. The van der Waals surface area contributed by atoms with Crippen LogP contribution in [-0.2, 0) is 16.0 Å². The van der Waals surface area contributed by atoms with Crippen LogP contribution in [0.15, 0.2) is 24.3 Å². The summed E-state index contributed by atoms with van der Waals surface area (Å²) in [6.45, 7) is 1.97. The van der Waals surface area contributed by atoms with E-state index in [2.05, 4.69) is 5.32 Å². The summed E-state index contributed by atoms with van der Waals surface area (Å²) in [7, 11) is 0. The molecule has 5 N–H and O–H groups in total. The number of benzene rings is 1. The lowest BCUT2D eigenvalue weighted by Gasteiger charge is -2.16. The summed E-state index contributed by atoms with van der Waals surface area (Å²) in [5.74, 6) is -1.34. The number of hydrogen-bond donors (Lipinski definition) is 4. The predicted molar refractivity (Wildman–Crippen MR) is 78.9 cm³/mol. The molecule has 6 heteroatoms. The molecule has 1 amide bonds. The summed E-state index contributed by atoms with van der Waals surface area (Å²) in [5, 5.41) is 20.9. The fourth-order valence-electron chi connectivity index (χ4n) is 2.03. The Kier molecular flexibility index (Phi) is 6.68. The maximum atomic E-state index is 11.8. The minimum absolute atomic E-state index is 0.111. The first-order valence-corrected chi connectivity index (χ1v) is 6.98. The molecule has 1 aromatic carbocycles. The maximum Gasteiger partial charge on any atom is 0.326 e. The van der Waals surface area contributed by atoms with Gasteiger partial charge in [-0.1, -0.05) is 25.5 Å². The van der Waals surface area contributed by atoms with Gasteiger partial charge in [-0.15, -0.1) is 0 Å². The zero-order valence-corrected chi connectivity index (χ0v) is 12.1. The molecule has 0 saturated carbocycles. The Hall–Kier alpha value is -2.08. The van der Waals surface area contributed by atoms with E-state index in [-0.39, 0.29) is 30.5 Å². The molecule has 6 nitrogen and oxygen atoms in total. The molecular weight excluding hydrogens is 272 g/mol. The molecule has 0 aliphatic rings. The molecule has 0 fully saturated rings. The molecular formula is C15H22N2O4. The number of aromatic hydroxyl groups is 1. The van der Waals surface area contributed by atoms with Crippen molar-refractivity contribution in [1.82, 2.24) is 5.32 Å². The van der Waals surface area contributed by atoms with Gasteiger partial charge in [0.2, 0.25) is 5.91 Å². The lowest BCUT2D eigenvalue weighted by atomic mass is 10.0. The molecule has 0 spiro atoms. The molecule has 1 unspecified atom stereocenters. The first kappa shape index (κ1) is 17.0. The molecule has 0 saturated heterocycles. The summed E-state index contributed by atoms with van der Waals surface area (Å²) in [5.41, 5.74) is 6.49. The molecule has 0 aromatic heterocycles. The third kappa shape index (κ3) is 6.27. The summed E-state index contributed by atoms with van der Waals surface area (Å²) < 4.78 is 0. The molecule has 0 heterocycles. The van der Waals surface area contributed by atoms with Gasteiger partial charge in [-0.05, 0) is 24.1 Å². The molecule has 0 aliphatic carbocycles. The number of rotatable bonds is 8. The van der Waals surface area contributed by atoms with Gasteiger partial charge in [-0.25, -0.2) is 4.79 Å². The van der Waals surface area contributed by atoms with Crippen LogP contribution in [0, 0.1) is 0 Å². The van der Waals surface area contributed by atoms with Crippen molar-refractivity contribution in [1.29, 1.82) is 0 Å². The quantitative estimate of drug-likeness (QED) is 0.572. The summed E-state index contributed by atoms with van der Waals surface area (Å²) >= 11 is 0. The van der Waals surface area contributed by atoms with Crippen molar-refractivity contribution < 1.29 is 19.8 Å². The van der Waals surface area contributed by atoms with Gasteiger partial charge >= 0.3 is 5.97 Å². The van der Waals surface area contributed by atoms with Crippen LogP contribution in [0.3, 0.4) is 0 Å². The number of hydrogen-bond acceptors (Lipinski definition) is 4. The van der Waals surface area contributed by atoms with Crippen molar-refractivity contribution >= 4 is 11.9 Å². The van der Waals surface area contributed by atoms with Gasteiger partial charge < -0.3 is 21.3 Å². The zero-order chi connectivity index (χ0) is 15.8. The average Bonchev–Trinajstić information content (AvgIpc) is 2.40. The molecule has 0 radical (unpaired) electrons. The van der Waals surface area contributed by atoms with Crippen molar-refractivity contribution in [2.45, 2.75) is 44.7 Å². The van der Waals surface area contributed by atoms with Crippen LogP contribution in [0.4, 0.5) is 0 Å². The van der Waals surface area contributed by atoms with Gasteiger partial charge in [0.1, 0.15) is 11.8 Å². The van der Waals surface area contributed by atoms with E-state index in [1.807, 2.05) is 6.92 Å². The van der Waals surface area contributed by atoms with Gasteiger partial charge in [0.25, 0.3) is 0 Å². The van der Waals surface area contributed by atoms with Crippen LogP contribution < -0.4 is 11.1 Å². The Morgan fingerprint density at radius 2 is 1.90 bits per heavy atom. The number of amides is 1. The topological polar surface area (TPSA) is 113 Å². The first-order valence-electron chi connectivity index (χ1n) is 6.98.